The molecule has 3 aromatic carbocycles. The van der Waals surface area contributed by atoms with Crippen molar-refractivity contribution in [1.29, 1.82) is 0 Å². The molecule has 1 atom stereocenters. The molecule has 6 heteroatoms. The van der Waals surface area contributed by atoms with Gasteiger partial charge in [0.05, 0.1) is 10.7 Å². The summed E-state index contributed by atoms with van der Waals surface area (Å²) in [5, 5.41) is 3.67. The van der Waals surface area contributed by atoms with Gasteiger partial charge >= 0.3 is 0 Å². The molecule has 0 spiro atoms. The Kier molecular flexibility index (Phi) is 6.31. The Balaban J connectivity index is 1.51. The van der Waals surface area contributed by atoms with Crippen LogP contribution in [0, 0.1) is 5.82 Å². The molecule has 0 saturated carbocycles. The Bertz CT molecular complexity index is 989. The molecule has 3 aromatic rings. The van der Waals surface area contributed by atoms with Crippen molar-refractivity contribution in [2.75, 3.05) is 36.4 Å². The van der Waals surface area contributed by atoms with Crippen molar-refractivity contribution in [2.24, 2.45) is 0 Å². The van der Waals surface area contributed by atoms with Crippen LogP contribution in [0.4, 0.5) is 15.8 Å². The Labute approximate surface area is 180 Å². The Hall–Kier alpha value is -2.89. The maximum atomic E-state index is 13.2. The first-order chi connectivity index (χ1) is 14.6. The highest BCUT2D eigenvalue weighted by Gasteiger charge is 2.31. The quantitative estimate of drug-likeness (QED) is 0.628. The molecule has 4 nitrogen and oxygen atoms in total. The molecule has 30 heavy (non-hydrogen) atoms. The van der Waals surface area contributed by atoms with Crippen LogP contribution >= 0.6 is 11.6 Å². The molecule has 1 unspecified atom stereocenters. The Morgan fingerprint density at radius 2 is 1.50 bits per heavy atom. The lowest BCUT2D eigenvalue weighted by Gasteiger charge is -2.40. The van der Waals surface area contributed by atoms with Crippen LogP contribution in [-0.2, 0) is 4.79 Å². The lowest BCUT2D eigenvalue weighted by atomic mass is 10.0. The Morgan fingerprint density at radius 3 is 2.17 bits per heavy atom. The number of hydrogen-bond donors (Lipinski definition) is 1. The number of carbonyl (C=O) groups excluding carboxylic acids is 1. The first-order valence-corrected chi connectivity index (χ1v) is 10.3. The van der Waals surface area contributed by atoms with Crippen molar-refractivity contribution in [3.8, 4) is 0 Å². The van der Waals surface area contributed by atoms with E-state index in [1.807, 2.05) is 54.6 Å². The van der Waals surface area contributed by atoms with E-state index >= 15 is 0 Å². The largest absolute Gasteiger partial charge is 0.368 e. The second-order valence-electron chi connectivity index (χ2n) is 7.28. The molecule has 0 aromatic heterocycles. The van der Waals surface area contributed by atoms with Crippen LogP contribution in [-0.4, -0.2) is 37.0 Å². The first kappa shape index (κ1) is 20.4. The zero-order valence-corrected chi connectivity index (χ0v) is 17.2. The molecule has 0 aliphatic carbocycles. The molecular formula is C24H23ClFN3O. The van der Waals surface area contributed by atoms with Crippen molar-refractivity contribution in [3.63, 3.8) is 0 Å². The normalized spacial score (nSPS) is 15.6. The summed E-state index contributed by atoms with van der Waals surface area (Å²) in [5.41, 5.74) is 2.53. The summed E-state index contributed by atoms with van der Waals surface area (Å²) < 4.78 is 13.2. The van der Waals surface area contributed by atoms with Gasteiger partial charge in [-0.15, -0.1) is 0 Å². The fourth-order valence-corrected chi connectivity index (χ4v) is 4.09. The SMILES string of the molecule is O=C(Nc1ccc(F)cc1)C(c1ccccc1)N1CCN(c2ccccc2Cl)CC1. The number of hydrogen-bond acceptors (Lipinski definition) is 3. The molecule has 1 aliphatic rings. The highest BCUT2D eigenvalue weighted by Crippen LogP contribution is 2.29. The Morgan fingerprint density at radius 1 is 0.867 bits per heavy atom. The maximum absolute atomic E-state index is 13.2. The number of anilines is 2. The highest BCUT2D eigenvalue weighted by atomic mass is 35.5. The van der Waals surface area contributed by atoms with Crippen molar-refractivity contribution < 1.29 is 9.18 Å². The topological polar surface area (TPSA) is 35.6 Å². The van der Waals surface area contributed by atoms with Crippen LogP contribution in [0.15, 0.2) is 78.9 Å². The van der Waals surface area contributed by atoms with Crippen LogP contribution in [0.3, 0.4) is 0 Å². The highest BCUT2D eigenvalue weighted by molar-refractivity contribution is 6.33. The molecule has 1 saturated heterocycles. The second-order valence-corrected chi connectivity index (χ2v) is 7.69. The van der Waals surface area contributed by atoms with Gasteiger partial charge in [0.1, 0.15) is 11.9 Å². The van der Waals surface area contributed by atoms with E-state index in [1.54, 1.807) is 12.1 Å². The summed E-state index contributed by atoms with van der Waals surface area (Å²) in [6.07, 6.45) is 0. The van der Waals surface area contributed by atoms with E-state index < -0.39 is 6.04 Å². The number of amides is 1. The predicted octanol–water partition coefficient (Wildman–Crippen LogP) is 4.98. The minimum Gasteiger partial charge on any atom is -0.368 e. The molecular weight excluding hydrogens is 401 g/mol. The summed E-state index contributed by atoms with van der Waals surface area (Å²) >= 11 is 6.36. The number of nitrogens with one attached hydrogen (secondary N) is 1. The van der Waals surface area contributed by atoms with Gasteiger partial charge in [-0.3, -0.25) is 9.69 Å². The third-order valence-electron chi connectivity index (χ3n) is 5.35. The van der Waals surface area contributed by atoms with Crippen molar-refractivity contribution >= 4 is 28.9 Å². The van der Waals surface area contributed by atoms with E-state index in [0.29, 0.717) is 5.69 Å². The van der Waals surface area contributed by atoms with Crippen molar-refractivity contribution in [1.82, 2.24) is 4.90 Å². The molecule has 154 valence electrons. The van der Waals surface area contributed by atoms with E-state index in [1.165, 1.54) is 12.1 Å². The van der Waals surface area contributed by atoms with Crippen LogP contribution in [0.25, 0.3) is 0 Å². The maximum Gasteiger partial charge on any atom is 0.246 e. The standard InChI is InChI=1S/C24H23ClFN3O/c25-21-8-4-5-9-22(21)28-14-16-29(17-15-28)23(18-6-2-1-3-7-18)24(30)27-20-12-10-19(26)11-13-20/h1-13,23H,14-17H2,(H,27,30). The fourth-order valence-electron chi connectivity index (χ4n) is 3.84. The average molecular weight is 424 g/mol. The van der Waals surface area contributed by atoms with E-state index in [0.717, 1.165) is 42.5 Å². The van der Waals surface area contributed by atoms with E-state index in [4.69, 9.17) is 11.6 Å². The van der Waals surface area contributed by atoms with Gasteiger partial charge in [0.2, 0.25) is 5.91 Å². The molecule has 1 N–H and O–H groups in total. The molecule has 1 fully saturated rings. The molecule has 0 bridgehead atoms. The van der Waals surface area contributed by atoms with Crippen LogP contribution < -0.4 is 10.2 Å². The van der Waals surface area contributed by atoms with Gasteiger partial charge in [-0.1, -0.05) is 54.1 Å². The van der Waals surface area contributed by atoms with Gasteiger partial charge in [-0.25, -0.2) is 4.39 Å². The predicted molar refractivity (Wildman–Crippen MR) is 119 cm³/mol. The third-order valence-corrected chi connectivity index (χ3v) is 5.67. The van der Waals surface area contributed by atoms with Gasteiger partial charge < -0.3 is 10.2 Å². The number of rotatable bonds is 5. The fraction of sp³-hybridized carbons (Fsp3) is 0.208. The summed E-state index contributed by atoms with van der Waals surface area (Å²) in [6, 6.07) is 23.0. The molecule has 0 radical (unpaired) electrons. The van der Waals surface area contributed by atoms with Crippen LogP contribution in [0.2, 0.25) is 5.02 Å². The molecule has 1 aliphatic heterocycles. The van der Waals surface area contributed by atoms with Gasteiger partial charge in [0.25, 0.3) is 0 Å². The molecule has 1 heterocycles. The van der Waals surface area contributed by atoms with E-state index in [2.05, 4.69) is 15.1 Å². The summed E-state index contributed by atoms with van der Waals surface area (Å²) in [5.74, 6) is -0.456. The molecule has 1 amide bonds. The number of para-hydroxylation sites is 1. The third kappa shape index (κ3) is 4.64. The van der Waals surface area contributed by atoms with Crippen molar-refractivity contribution in [2.45, 2.75) is 6.04 Å². The number of benzene rings is 3. The number of nitrogens with zero attached hydrogens (tertiary/aromatic N) is 2. The zero-order chi connectivity index (χ0) is 20.9. The van der Waals surface area contributed by atoms with Gasteiger partial charge in [0.15, 0.2) is 0 Å². The van der Waals surface area contributed by atoms with Gasteiger partial charge in [-0.05, 0) is 42.0 Å². The lowest BCUT2D eigenvalue weighted by Crippen LogP contribution is -2.50. The summed E-state index contributed by atoms with van der Waals surface area (Å²) in [6.45, 7) is 3.00. The van der Waals surface area contributed by atoms with Crippen LogP contribution in [0.5, 0.6) is 0 Å². The van der Waals surface area contributed by atoms with E-state index in [-0.39, 0.29) is 11.7 Å². The van der Waals surface area contributed by atoms with Gasteiger partial charge in [0, 0.05) is 31.9 Å². The zero-order valence-electron chi connectivity index (χ0n) is 16.5. The van der Waals surface area contributed by atoms with Gasteiger partial charge in [-0.2, -0.15) is 0 Å². The number of carbonyl (C=O) groups is 1. The second kappa shape index (κ2) is 9.28. The minimum atomic E-state index is -0.426. The summed E-state index contributed by atoms with van der Waals surface area (Å²) in [7, 11) is 0. The summed E-state index contributed by atoms with van der Waals surface area (Å²) in [4.78, 5) is 17.7. The van der Waals surface area contributed by atoms with Crippen LogP contribution in [0.1, 0.15) is 11.6 Å². The smallest absolute Gasteiger partial charge is 0.246 e. The number of halogens is 2. The first-order valence-electron chi connectivity index (χ1n) is 9.97. The number of piperazine rings is 1. The lowest BCUT2D eigenvalue weighted by molar-refractivity contribution is -0.121. The molecule has 4 rings (SSSR count). The van der Waals surface area contributed by atoms with Crippen molar-refractivity contribution in [3.05, 3.63) is 95.3 Å². The van der Waals surface area contributed by atoms with E-state index in [9.17, 15) is 9.18 Å². The monoisotopic (exact) mass is 423 g/mol. The average Bonchev–Trinajstić information content (AvgIpc) is 2.77. The minimum absolute atomic E-state index is 0.126.